The Balaban J connectivity index is 2.06. The van der Waals surface area contributed by atoms with Gasteiger partial charge in [0.1, 0.15) is 12.3 Å². The third-order valence-corrected chi connectivity index (χ3v) is 5.34. The molecule has 7 nitrogen and oxygen atoms in total. The predicted octanol–water partition coefficient (Wildman–Crippen LogP) is 5.56. The summed E-state index contributed by atoms with van der Waals surface area (Å²) in [5.41, 5.74) is 0.421. The number of esters is 1. The highest BCUT2D eigenvalue weighted by Gasteiger charge is 2.47. The molecule has 1 heterocycles. The first-order valence-electron chi connectivity index (χ1n) is 11.6. The molecule has 0 bridgehead atoms. The SMILES string of the molecule is CC(C)OC(=O)[C@](CC(C)(C)C)(NC(=O)OCc1ccccc1)c1ccc2nc(C=O)ccc2c1. The van der Waals surface area contributed by atoms with Crippen LogP contribution in [0, 0.1) is 5.41 Å². The van der Waals surface area contributed by atoms with E-state index in [-0.39, 0.29) is 24.5 Å². The van der Waals surface area contributed by atoms with Gasteiger partial charge in [0, 0.05) is 5.39 Å². The molecule has 3 rings (SSSR count). The molecular formula is C28H32N2O5. The lowest BCUT2D eigenvalue weighted by molar-refractivity contribution is -0.157. The molecule has 0 unspecified atom stereocenters. The Kier molecular flexibility index (Phi) is 7.89. The Bertz CT molecular complexity index is 1200. The number of aromatic nitrogens is 1. The van der Waals surface area contributed by atoms with Crippen molar-refractivity contribution in [1.29, 1.82) is 0 Å². The van der Waals surface area contributed by atoms with E-state index in [1.54, 1.807) is 44.2 Å². The fourth-order valence-electron chi connectivity index (χ4n) is 3.98. The molecule has 184 valence electrons. The van der Waals surface area contributed by atoms with Crippen LogP contribution in [0.25, 0.3) is 10.9 Å². The average molecular weight is 477 g/mol. The quantitative estimate of drug-likeness (QED) is 0.338. The molecule has 1 amide bonds. The van der Waals surface area contributed by atoms with Crippen molar-refractivity contribution in [3.63, 3.8) is 0 Å². The summed E-state index contributed by atoms with van der Waals surface area (Å²) in [5.74, 6) is -0.573. The number of hydrogen-bond acceptors (Lipinski definition) is 6. The van der Waals surface area contributed by atoms with Gasteiger partial charge in [-0.1, -0.05) is 63.2 Å². The number of rotatable bonds is 8. The number of carbonyl (C=O) groups excluding carboxylic acids is 3. The zero-order chi connectivity index (χ0) is 25.6. The Labute approximate surface area is 205 Å². The van der Waals surface area contributed by atoms with Gasteiger partial charge in [0.2, 0.25) is 0 Å². The molecule has 0 aliphatic rings. The lowest BCUT2D eigenvalue weighted by Crippen LogP contribution is -2.55. The summed E-state index contributed by atoms with van der Waals surface area (Å²) in [7, 11) is 0. The second-order valence-corrected chi connectivity index (χ2v) is 10.0. The van der Waals surface area contributed by atoms with Gasteiger partial charge in [-0.2, -0.15) is 0 Å². The molecule has 0 saturated heterocycles. The zero-order valence-corrected chi connectivity index (χ0v) is 20.8. The number of ether oxygens (including phenoxy) is 2. The summed E-state index contributed by atoms with van der Waals surface area (Å²) < 4.78 is 11.1. The second-order valence-electron chi connectivity index (χ2n) is 10.0. The Hall–Kier alpha value is -3.74. The van der Waals surface area contributed by atoms with Crippen molar-refractivity contribution < 1.29 is 23.9 Å². The Morgan fingerprint density at radius 3 is 2.37 bits per heavy atom. The van der Waals surface area contributed by atoms with E-state index < -0.39 is 17.6 Å². The topological polar surface area (TPSA) is 94.6 Å². The Morgan fingerprint density at radius 1 is 1.03 bits per heavy atom. The average Bonchev–Trinajstić information content (AvgIpc) is 2.81. The van der Waals surface area contributed by atoms with Crippen LogP contribution in [0.5, 0.6) is 0 Å². The first-order chi connectivity index (χ1) is 16.5. The summed E-state index contributed by atoms with van der Waals surface area (Å²) in [6, 6.07) is 17.9. The summed E-state index contributed by atoms with van der Waals surface area (Å²) in [6.07, 6.45) is -0.173. The van der Waals surface area contributed by atoms with Gasteiger partial charge in [-0.15, -0.1) is 0 Å². The fraction of sp³-hybridized carbons (Fsp3) is 0.357. The molecule has 0 saturated carbocycles. The molecular weight excluding hydrogens is 444 g/mol. The highest BCUT2D eigenvalue weighted by molar-refractivity contribution is 5.90. The third-order valence-electron chi connectivity index (χ3n) is 5.34. The van der Waals surface area contributed by atoms with Crippen molar-refractivity contribution in [1.82, 2.24) is 10.3 Å². The van der Waals surface area contributed by atoms with Gasteiger partial charge in [-0.05, 0) is 55.0 Å². The standard InChI is InChI=1S/C28H32N2O5/c1-19(2)35-25(32)28(18-27(3,4)5,30-26(33)34-17-20-9-7-6-8-10-20)22-12-14-24-21(15-22)11-13-23(16-31)29-24/h6-16,19H,17-18H2,1-5H3,(H,30,33)/t28-/m1/s1. The van der Waals surface area contributed by atoms with Crippen LogP contribution in [0.1, 0.15) is 62.7 Å². The van der Waals surface area contributed by atoms with E-state index in [1.165, 1.54) is 0 Å². The molecule has 0 aliphatic carbocycles. The molecule has 1 aromatic heterocycles. The first kappa shape index (κ1) is 25.9. The number of carbonyl (C=O) groups is 3. The van der Waals surface area contributed by atoms with Crippen LogP contribution in [0.2, 0.25) is 0 Å². The highest BCUT2D eigenvalue weighted by Crippen LogP contribution is 2.37. The maximum atomic E-state index is 13.6. The largest absolute Gasteiger partial charge is 0.461 e. The van der Waals surface area contributed by atoms with E-state index in [2.05, 4.69) is 10.3 Å². The Morgan fingerprint density at radius 2 is 1.74 bits per heavy atom. The van der Waals surface area contributed by atoms with Crippen LogP contribution in [-0.2, 0) is 26.4 Å². The number of nitrogens with zero attached hydrogens (tertiary/aromatic N) is 1. The van der Waals surface area contributed by atoms with Crippen molar-refractivity contribution in [3.8, 4) is 0 Å². The van der Waals surface area contributed by atoms with Gasteiger partial charge >= 0.3 is 12.1 Å². The van der Waals surface area contributed by atoms with E-state index in [1.807, 2.05) is 51.1 Å². The summed E-state index contributed by atoms with van der Waals surface area (Å²) in [4.78, 5) is 42.1. The van der Waals surface area contributed by atoms with Crippen molar-refractivity contribution >= 4 is 29.3 Å². The van der Waals surface area contributed by atoms with Crippen LogP contribution in [0.4, 0.5) is 4.79 Å². The zero-order valence-electron chi connectivity index (χ0n) is 20.8. The number of amides is 1. The van der Waals surface area contributed by atoms with Crippen LogP contribution in [0.15, 0.2) is 60.7 Å². The third kappa shape index (κ3) is 6.66. The predicted molar refractivity (Wildman–Crippen MR) is 134 cm³/mol. The molecule has 2 aromatic carbocycles. The number of hydrogen-bond donors (Lipinski definition) is 1. The molecule has 0 spiro atoms. The lowest BCUT2D eigenvalue weighted by atomic mass is 9.75. The molecule has 1 N–H and O–H groups in total. The minimum Gasteiger partial charge on any atom is -0.461 e. The smallest absolute Gasteiger partial charge is 0.408 e. The second kappa shape index (κ2) is 10.7. The summed E-state index contributed by atoms with van der Waals surface area (Å²) in [6.45, 7) is 9.55. The normalized spacial score (nSPS) is 13.2. The fourth-order valence-corrected chi connectivity index (χ4v) is 3.98. The van der Waals surface area contributed by atoms with Crippen molar-refractivity contribution in [2.75, 3.05) is 0 Å². The molecule has 3 aromatic rings. The van der Waals surface area contributed by atoms with E-state index in [4.69, 9.17) is 9.47 Å². The van der Waals surface area contributed by atoms with E-state index in [0.717, 1.165) is 10.9 Å². The summed E-state index contributed by atoms with van der Waals surface area (Å²) in [5, 5.41) is 3.58. The van der Waals surface area contributed by atoms with Crippen LogP contribution >= 0.6 is 0 Å². The molecule has 0 aliphatic heterocycles. The molecule has 0 radical (unpaired) electrons. The maximum Gasteiger partial charge on any atom is 0.408 e. The number of aldehydes is 1. The van der Waals surface area contributed by atoms with Gasteiger partial charge < -0.3 is 14.8 Å². The first-order valence-corrected chi connectivity index (χ1v) is 11.6. The van der Waals surface area contributed by atoms with Crippen LogP contribution in [0.3, 0.4) is 0 Å². The van der Waals surface area contributed by atoms with Crippen molar-refractivity contribution in [2.24, 2.45) is 5.41 Å². The molecule has 0 fully saturated rings. The van der Waals surface area contributed by atoms with Gasteiger partial charge in [-0.3, -0.25) is 4.79 Å². The van der Waals surface area contributed by atoms with Crippen molar-refractivity contribution in [3.05, 3.63) is 77.5 Å². The number of fused-ring (bicyclic) bond motifs is 1. The van der Waals surface area contributed by atoms with Crippen LogP contribution < -0.4 is 5.32 Å². The van der Waals surface area contributed by atoms with Gasteiger partial charge in [0.25, 0.3) is 0 Å². The van der Waals surface area contributed by atoms with Gasteiger partial charge in [-0.25, -0.2) is 14.6 Å². The van der Waals surface area contributed by atoms with Crippen molar-refractivity contribution in [2.45, 2.75) is 59.3 Å². The number of nitrogens with one attached hydrogen (secondary N) is 1. The van der Waals surface area contributed by atoms with E-state index in [0.29, 0.717) is 23.1 Å². The lowest BCUT2D eigenvalue weighted by Gasteiger charge is -2.38. The van der Waals surface area contributed by atoms with E-state index >= 15 is 0 Å². The van der Waals surface area contributed by atoms with Gasteiger partial charge in [0.15, 0.2) is 11.8 Å². The van der Waals surface area contributed by atoms with Gasteiger partial charge in [0.05, 0.1) is 11.6 Å². The maximum absolute atomic E-state index is 13.6. The monoisotopic (exact) mass is 476 g/mol. The minimum absolute atomic E-state index is 0.0631. The molecule has 1 atom stereocenters. The highest BCUT2D eigenvalue weighted by atomic mass is 16.6. The number of alkyl carbamates (subject to hydrolysis) is 1. The minimum atomic E-state index is -1.51. The van der Waals surface area contributed by atoms with E-state index in [9.17, 15) is 14.4 Å². The molecule has 7 heteroatoms. The van der Waals surface area contributed by atoms with Crippen LogP contribution in [-0.4, -0.2) is 29.4 Å². The number of benzene rings is 2. The molecule has 35 heavy (non-hydrogen) atoms. The summed E-state index contributed by atoms with van der Waals surface area (Å²) >= 11 is 0. The number of pyridine rings is 1.